The monoisotopic (exact) mass is 462 g/mol. The van der Waals surface area contributed by atoms with Crippen LogP contribution in [0.5, 0.6) is 11.5 Å². The van der Waals surface area contributed by atoms with E-state index in [0.29, 0.717) is 74.2 Å². The number of H-pyrrole nitrogens is 1. The van der Waals surface area contributed by atoms with E-state index in [0.717, 1.165) is 16.8 Å². The van der Waals surface area contributed by atoms with Gasteiger partial charge in [-0.1, -0.05) is 12.1 Å². The number of fused-ring (bicyclic) bond motifs is 2. The Bertz CT molecular complexity index is 1260. The van der Waals surface area contributed by atoms with Gasteiger partial charge in [0.2, 0.25) is 5.95 Å². The minimum absolute atomic E-state index is 0.400. The quantitative estimate of drug-likeness (QED) is 0.334. The number of benzene rings is 2. The number of para-hydroxylation sites is 2. The zero-order valence-corrected chi connectivity index (χ0v) is 18.5. The molecule has 34 heavy (non-hydrogen) atoms. The average Bonchev–Trinajstić information content (AvgIpc) is 3.30. The van der Waals surface area contributed by atoms with E-state index in [1.807, 2.05) is 54.7 Å². The average molecular weight is 463 g/mol. The van der Waals surface area contributed by atoms with Gasteiger partial charge in [0, 0.05) is 18.0 Å². The maximum Gasteiger partial charge on any atom is 0.231 e. The van der Waals surface area contributed by atoms with Gasteiger partial charge in [-0.15, -0.1) is 0 Å². The number of nitrogens with one attached hydrogen (secondary N) is 3. The molecule has 5 rings (SSSR count). The van der Waals surface area contributed by atoms with Crippen LogP contribution < -0.4 is 25.8 Å². The number of nitrogen functional groups attached to an aromatic ring is 1. The maximum absolute atomic E-state index is 6.11. The first-order valence-electron chi connectivity index (χ1n) is 11.0. The van der Waals surface area contributed by atoms with Crippen LogP contribution >= 0.6 is 0 Å². The summed E-state index contributed by atoms with van der Waals surface area (Å²) < 4.78 is 22.7. The molecule has 0 amide bonds. The lowest BCUT2D eigenvalue weighted by Crippen LogP contribution is -2.15. The van der Waals surface area contributed by atoms with Crippen molar-refractivity contribution in [1.29, 1.82) is 0 Å². The van der Waals surface area contributed by atoms with E-state index in [1.165, 1.54) is 0 Å². The van der Waals surface area contributed by atoms with Crippen molar-refractivity contribution in [3.63, 3.8) is 0 Å². The summed E-state index contributed by atoms with van der Waals surface area (Å²) in [5, 5.41) is 7.42. The first-order chi connectivity index (χ1) is 16.8. The Morgan fingerprint density at radius 1 is 0.794 bits per heavy atom. The first kappa shape index (κ1) is 21.8. The number of rotatable bonds is 4. The van der Waals surface area contributed by atoms with Gasteiger partial charge in [-0.3, -0.25) is 0 Å². The summed E-state index contributed by atoms with van der Waals surface area (Å²) in [5.74, 6) is 2.29. The fourth-order valence-corrected chi connectivity index (χ4v) is 3.52. The van der Waals surface area contributed by atoms with E-state index in [-0.39, 0.29) is 0 Å². The molecule has 0 unspecified atom stereocenters. The summed E-state index contributed by atoms with van der Waals surface area (Å²) >= 11 is 0. The highest BCUT2D eigenvalue weighted by atomic mass is 16.6. The summed E-state index contributed by atoms with van der Waals surface area (Å²) in [7, 11) is 0. The summed E-state index contributed by atoms with van der Waals surface area (Å²) in [6.45, 7) is 2.84. The standard InChI is InChI=1S/C24H26N6O4/c25-18-3-1-2-4-19(18)28-23-17-7-8-26-22(17)29-24(30-23)27-16-5-6-20-21(15-16)34-14-12-32-10-9-31-11-13-33-20/h1-8,15H,9-14,25H2,(H3,26,27,28,29,30). The van der Waals surface area contributed by atoms with Crippen LogP contribution in [0.15, 0.2) is 54.7 Å². The third-order valence-electron chi connectivity index (χ3n) is 5.17. The van der Waals surface area contributed by atoms with E-state index in [9.17, 15) is 0 Å². The van der Waals surface area contributed by atoms with Crippen LogP contribution in [0.3, 0.4) is 0 Å². The predicted octanol–water partition coefficient (Wildman–Crippen LogP) is 3.83. The van der Waals surface area contributed by atoms with Crippen molar-refractivity contribution in [2.24, 2.45) is 0 Å². The second-order valence-corrected chi connectivity index (χ2v) is 7.56. The summed E-state index contributed by atoms with van der Waals surface area (Å²) in [6, 6.07) is 15.0. The van der Waals surface area contributed by atoms with Crippen molar-refractivity contribution in [2.75, 3.05) is 56.0 Å². The minimum Gasteiger partial charge on any atom is -0.487 e. The highest BCUT2D eigenvalue weighted by Gasteiger charge is 2.13. The number of nitrogens with two attached hydrogens (primary N) is 1. The van der Waals surface area contributed by atoms with Crippen LogP contribution in [0, 0.1) is 0 Å². The molecule has 0 radical (unpaired) electrons. The van der Waals surface area contributed by atoms with Gasteiger partial charge in [0.05, 0.1) is 43.2 Å². The fraction of sp³-hybridized carbons (Fsp3) is 0.250. The molecule has 5 N–H and O–H groups in total. The van der Waals surface area contributed by atoms with E-state index in [2.05, 4.69) is 25.6 Å². The number of aromatic nitrogens is 3. The zero-order chi connectivity index (χ0) is 23.2. The second-order valence-electron chi connectivity index (χ2n) is 7.56. The molecule has 0 saturated carbocycles. The molecule has 0 bridgehead atoms. The number of nitrogens with zero attached hydrogens (tertiary/aromatic N) is 2. The number of hydrogen-bond acceptors (Lipinski definition) is 9. The van der Waals surface area contributed by atoms with Gasteiger partial charge in [-0.25, -0.2) is 0 Å². The van der Waals surface area contributed by atoms with E-state index < -0.39 is 0 Å². The molecule has 10 heteroatoms. The lowest BCUT2D eigenvalue weighted by atomic mass is 10.2. The molecule has 0 saturated heterocycles. The first-order valence-corrected chi connectivity index (χ1v) is 11.0. The van der Waals surface area contributed by atoms with E-state index in [1.54, 1.807) is 0 Å². The minimum atomic E-state index is 0.400. The van der Waals surface area contributed by atoms with Gasteiger partial charge in [0.15, 0.2) is 11.5 Å². The molecule has 10 nitrogen and oxygen atoms in total. The molecule has 1 aliphatic heterocycles. The van der Waals surface area contributed by atoms with Crippen LogP contribution in [0.2, 0.25) is 0 Å². The molecular weight excluding hydrogens is 436 g/mol. The van der Waals surface area contributed by atoms with Crippen LogP contribution in [0.4, 0.5) is 28.8 Å². The second kappa shape index (κ2) is 10.3. The van der Waals surface area contributed by atoms with Crippen molar-refractivity contribution < 1.29 is 18.9 Å². The third kappa shape index (κ3) is 5.13. The summed E-state index contributed by atoms with van der Waals surface area (Å²) in [4.78, 5) is 12.4. The van der Waals surface area contributed by atoms with Crippen LogP contribution in [0.1, 0.15) is 0 Å². The Hall–Kier alpha value is -4.02. The van der Waals surface area contributed by atoms with E-state index in [4.69, 9.17) is 24.7 Å². The Kier molecular flexibility index (Phi) is 6.59. The molecule has 0 spiro atoms. The maximum atomic E-state index is 6.11. The molecule has 176 valence electrons. The normalized spacial score (nSPS) is 14.7. The molecule has 2 aromatic heterocycles. The third-order valence-corrected chi connectivity index (χ3v) is 5.17. The Balaban J connectivity index is 1.40. The van der Waals surface area contributed by atoms with Crippen molar-refractivity contribution in [3.8, 4) is 11.5 Å². The molecule has 0 aliphatic carbocycles. The molecule has 3 heterocycles. The van der Waals surface area contributed by atoms with Crippen molar-refractivity contribution >= 4 is 39.9 Å². The van der Waals surface area contributed by atoms with Gasteiger partial charge in [-0.05, 0) is 30.3 Å². The highest BCUT2D eigenvalue weighted by molar-refractivity contribution is 5.91. The number of aromatic amines is 1. The largest absolute Gasteiger partial charge is 0.487 e. The SMILES string of the molecule is Nc1ccccc1Nc1nc(Nc2ccc3c(c2)OCCOCCOCCO3)nc2[nH]ccc12. The number of ether oxygens (including phenoxy) is 4. The molecular formula is C24H26N6O4. The molecule has 0 fully saturated rings. The topological polar surface area (TPSA) is 129 Å². The van der Waals surface area contributed by atoms with E-state index >= 15 is 0 Å². The van der Waals surface area contributed by atoms with Crippen LogP contribution in [-0.4, -0.2) is 54.6 Å². The number of anilines is 5. The molecule has 1 aliphatic rings. The predicted molar refractivity (Wildman–Crippen MR) is 130 cm³/mol. The smallest absolute Gasteiger partial charge is 0.231 e. The van der Waals surface area contributed by atoms with Gasteiger partial charge in [0.1, 0.15) is 24.7 Å². The lowest BCUT2D eigenvalue weighted by molar-refractivity contribution is 0.0223. The van der Waals surface area contributed by atoms with Crippen molar-refractivity contribution in [2.45, 2.75) is 0 Å². The molecule has 0 atom stereocenters. The van der Waals surface area contributed by atoms with Crippen LogP contribution in [0.25, 0.3) is 11.0 Å². The van der Waals surface area contributed by atoms with Crippen molar-refractivity contribution in [3.05, 3.63) is 54.7 Å². The van der Waals surface area contributed by atoms with Crippen molar-refractivity contribution in [1.82, 2.24) is 15.0 Å². The van der Waals surface area contributed by atoms with Gasteiger partial charge < -0.3 is 40.3 Å². The Labute approximate surface area is 196 Å². The summed E-state index contributed by atoms with van der Waals surface area (Å²) in [6.07, 6.45) is 1.82. The fourth-order valence-electron chi connectivity index (χ4n) is 3.52. The molecule has 4 aromatic rings. The van der Waals surface area contributed by atoms with Gasteiger partial charge in [0.25, 0.3) is 0 Å². The Morgan fingerprint density at radius 2 is 1.56 bits per heavy atom. The lowest BCUT2D eigenvalue weighted by Gasteiger charge is -2.16. The Morgan fingerprint density at radius 3 is 2.38 bits per heavy atom. The highest BCUT2D eigenvalue weighted by Crippen LogP contribution is 2.33. The van der Waals surface area contributed by atoms with Gasteiger partial charge >= 0.3 is 0 Å². The van der Waals surface area contributed by atoms with Gasteiger partial charge in [-0.2, -0.15) is 9.97 Å². The zero-order valence-electron chi connectivity index (χ0n) is 18.5. The van der Waals surface area contributed by atoms with Crippen LogP contribution in [-0.2, 0) is 9.47 Å². The molecule has 2 aromatic carbocycles. The summed E-state index contributed by atoms with van der Waals surface area (Å²) in [5.41, 5.74) is 8.95. The number of hydrogen-bond donors (Lipinski definition) is 4.